The minimum absolute atomic E-state index is 0.0357. The number of piperidine rings is 1. The van der Waals surface area contributed by atoms with Crippen LogP contribution >= 0.6 is 0 Å². The van der Waals surface area contributed by atoms with E-state index in [1.165, 1.54) is 4.31 Å². The zero-order valence-corrected chi connectivity index (χ0v) is 21.1. The van der Waals surface area contributed by atoms with Gasteiger partial charge in [-0.05, 0) is 50.8 Å². The van der Waals surface area contributed by atoms with Gasteiger partial charge in [-0.25, -0.2) is 8.42 Å². The van der Waals surface area contributed by atoms with Gasteiger partial charge in [0.2, 0.25) is 15.9 Å². The van der Waals surface area contributed by atoms with Gasteiger partial charge in [-0.2, -0.15) is 4.31 Å². The lowest BCUT2D eigenvalue weighted by atomic mass is 9.97. The normalized spacial score (nSPS) is 15.5. The van der Waals surface area contributed by atoms with Crippen LogP contribution in [0.3, 0.4) is 0 Å². The van der Waals surface area contributed by atoms with Gasteiger partial charge in [-0.1, -0.05) is 70.9 Å². The second-order valence-corrected chi connectivity index (χ2v) is 11.0. The summed E-state index contributed by atoms with van der Waals surface area (Å²) >= 11 is 0. The molecule has 0 atom stereocenters. The van der Waals surface area contributed by atoms with Crippen molar-refractivity contribution in [3.8, 4) is 0 Å². The Morgan fingerprint density at radius 2 is 1.77 bits per heavy atom. The summed E-state index contributed by atoms with van der Waals surface area (Å²) in [6.45, 7) is 6.67. The minimum atomic E-state index is -3.81. The molecule has 0 saturated carbocycles. The van der Waals surface area contributed by atoms with Crippen molar-refractivity contribution in [2.75, 3.05) is 13.1 Å². The first-order valence-corrected chi connectivity index (χ1v) is 13.2. The highest BCUT2D eigenvalue weighted by Gasteiger charge is 2.35. The van der Waals surface area contributed by atoms with Gasteiger partial charge >= 0.3 is 0 Å². The first-order chi connectivity index (χ1) is 16.7. The second kappa shape index (κ2) is 10.6. The third kappa shape index (κ3) is 5.89. The average molecular weight is 494 g/mol. The van der Waals surface area contributed by atoms with Gasteiger partial charge in [0.15, 0.2) is 10.7 Å². The maximum atomic E-state index is 13.5. The van der Waals surface area contributed by atoms with Crippen LogP contribution in [0.5, 0.6) is 0 Å². The number of aromatic nitrogens is 1. The van der Waals surface area contributed by atoms with Gasteiger partial charge in [0.1, 0.15) is 5.69 Å². The van der Waals surface area contributed by atoms with E-state index in [-0.39, 0.29) is 35.6 Å². The predicted molar refractivity (Wildman–Crippen MR) is 136 cm³/mol. The molecule has 0 bridgehead atoms. The number of amides is 1. The van der Waals surface area contributed by atoms with Crippen LogP contribution in [-0.4, -0.2) is 36.9 Å². The Morgan fingerprint density at radius 1 is 1.06 bits per heavy atom. The number of carbonyl (C=O) groups is 1. The fourth-order valence-electron chi connectivity index (χ4n) is 4.29. The fraction of sp³-hybridized carbons (Fsp3) is 0.333. The fourth-order valence-corrected chi connectivity index (χ4v) is 6.01. The van der Waals surface area contributed by atoms with Crippen LogP contribution < -0.4 is 5.32 Å². The molecule has 3 aromatic rings. The molecule has 1 aliphatic heterocycles. The minimum Gasteiger partial charge on any atom is -0.355 e. The third-order valence-corrected chi connectivity index (χ3v) is 8.37. The summed E-state index contributed by atoms with van der Waals surface area (Å²) < 4.78 is 33.7. The first-order valence-electron chi connectivity index (χ1n) is 11.8. The number of carbonyl (C=O) groups excluding carboxylic acids is 1. The quantitative estimate of drug-likeness (QED) is 0.524. The molecule has 2 aromatic carbocycles. The van der Waals surface area contributed by atoms with Crippen LogP contribution in [-0.2, 0) is 21.4 Å². The van der Waals surface area contributed by atoms with Gasteiger partial charge in [0.25, 0.3) is 0 Å². The molecule has 1 saturated heterocycles. The Labute approximate surface area is 206 Å². The molecular weight excluding hydrogens is 462 g/mol. The van der Waals surface area contributed by atoms with Crippen molar-refractivity contribution < 1.29 is 17.7 Å². The van der Waals surface area contributed by atoms with E-state index in [1.807, 2.05) is 68.5 Å². The van der Waals surface area contributed by atoms with Crippen molar-refractivity contribution in [1.29, 1.82) is 0 Å². The molecule has 184 valence electrons. The van der Waals surface area contributed by atoms with E-state index < -0.39 is 10.0 Å². The summed E-state index contributed by atoms with van der Waals surface area (Å²) in [5, 5.41) is 6.90. The van der Waals surface area contributed by atoms with Gasteiger partial charge < -0.3 is 9.84 Å². The number of nitrogens with zero attached hydrogens (tertiary/aromatic N) is 2. The van der Waals surface area contributed by atoms with E-state index in [0.29, 0.717) is 25.1 Å². The van der Waals surface area contributed by atoms with Crippen LogP contribution in [0.15, 0.2) is 57.9 Å². The smallest absolute Gasteiger partial charge is 0.248 e. The Hall–Kier alpha value is -3.23. The second-order valence-electron chi connectivity index (χ2n) is 9.09. The Kier molecular flexibility index (Phi) is 7.52. The summed E-state index contributed by atoms with van der Waals surface area (Å²) in [5.41, 5.74) is 4.60. The Bertz CT molecular complexity index is 1320. The van der Waals surface area contributed by atoms with Crippen LogP contribution in [0.2, 0.25) is 0 Å². The molecule has 1 aliphatic rings. The molecule has 8 heteroatoms. The van der Waals surface area contributed by atoms with Crippen molar-refractivity contribution in [1.82, 2.24) is 14.8 Å². The van der Waals surface area contributed by atoms with Crippen LogP contribution in [0.25, 0.3) is 12.2 Å². The van der Waals surface area contributed by atoms with Gasteiger partial charge in [-0.3, -0.25) is 4.79 Å². The summed E-state index contributed by atoms with van der Waals surface area (Å²) in [6, 6.07) is 15.9. The van der Waals surface area contributed by atoms with Crippen molar-refractivity contribution in [2.24, 2.45) is 5.92 Å². The number of rotatable bonds is 7. The van der Waals surface area contributed by atoms with Crippen LogP contribution in [0.4, 0.5) is 0 Å². The molecule has 0 aliphatic carbocycles. The highest BCUT2D eigenvalue weighted by Crippen LogP contribution is 2.29. The summed E-state index contributed by atoms with van der Waals surface area (Å²) in [5.74, 6) is -0.0386. The van der Waals surface area contributed by atoms with Gasteiger partial charge in [-0.15, -0.1) is 0 Å². The number of hydrogen-bond donors (Lipinski definition) is 1. The molecule has 1 N–H and O–H groups in total. The van der Waals surface area contributed by atoms with Crippen molar-refractivity contribution >= 4 is 28.1 Å². The molecule has 1 fully saturated rings. The van der Waals surface area contributed by atoms with Gasteiger partial charge in [0, 0.05) is 25.6 Å². The topological polar surface area (TPSA) is 92.5 Å². The number of benzene rings is 2. The molecule has 7 nitrogen and oxygen atoms in total. The predicted octanol–water partition coefficient (Wildman–Crippen LogP) is 4.49. The molecule has 4 rings (SSSR count). The average Bonchev–Trinajstić information content (AvgIpc) is 3.23. The van der Waals surface area contributed by atoms with E-state index >= 15 is 0 Å². The molecular formula is C27H31N3O4S. The largest absolute Gasteiger partial charge is 0.355 e. The number of hydrogen-bond acceptors (Lipinski definition) is 5. The molecule has 35 heavy (non-hydrogen) atoms. The standard InChI is InChI=1S/C27H31N3O4S/c1-19-7-9-22(10-8-19)11-12-25-26(21(3)29-34-25)35(32,33)30-15-13-24(14-16-30)27(31)28-18-23-6-4-5-20(2)17-23/h4-12,17,24H,13-16,18H2,1-3H3,(H,28,31). The third-order valence-electron chi connectivity index (χ3n) is 6.31. The maximum absolute atomic E-state index is 13.5. The first kappa shape index (κ1) is 24.9. The van der Waals surface area contributed by atoms with Crippen molar-refractivity contribution in [3.63, 3.8) is 0 Å². The molecule has 1 amide bonds. The highest BCUT2D eigenvalue weighted by molar-refractivity contribution is 7.89. The van der Waals surface area contributed by atoms with Crippen LogP contribution in [0.1, 0.15) is 46.5 Å². The lowest BCUT2D eigenvalue weighted by molar-refractivity contribution is -0.126. The lowest BCUT2D eigenvalue weighted by Gasteiger charge is -2.30. The lowest BCUT2D eigenvalue weighted by Crippen LogP contribution is -2.43. The SMILES string of the molecule is Cc1ccc(C=Cc2onc(C)c2S(=O)(=O)N2CCC(C(=O)NCc3cccc(C)c3)CC2)cc1. The molecule has 1 aromatic heterocycles. The van der Waals surface area contributed by atoms with E-state index in [0.717, 1.165) is 22.3 Å². The van der Waals surface area contributed by atoms with E-state index in [1.54, 1.807) is 13.0 Å². The zero-order chi connectivity index (χ0) is 25.0. The molecule has 0 spiro atoms. The molecule has 2 heterocycles. The Balaban J connectivity index is 1.40. The highest BCUT2D eigenvalue weighted by atomic mass is 32.2. The Morgan fingerprint density at radius 3 is 2.46 bits per heavy atom. The van der Waals surface area contributed by atoms with Crippen molar-refractivity contribution in [2.45, 2.75) is 45.1 Å². The van der Waals surface area contributed by atoms with E-state index in [4.69, 9.17) is 4.52 Å². The van der Waals surface area contributed by atoms with Crippen molar-refractivity contribution in [3.05, 3.63) is 82.2 Å². The summed E-state index contributed by atoms with van der Waals surface area (Å²) in [6.07, 6.45) is 4.39. The summed E-state index contributed by atoms with van der Waals surface area (Å²) in [4.78, 5) is 12.8. The number of sulfonamides is 1. The number of nitrogens with one attached hydrogen (secondary N) is 1. The molecule has 0 unspecified atom stereocenters. The summed E-state index contributed by atoms with van der Waals surface area (Å²) in [7, 11) is -3.81. The van der Waals surface area contributed by atoms with E-state index in [2.05, 4.69) is 10.5 Å². The number of aryl methyl sites for hydroxylation is 3. The van der Waals surface area contributed by atoms with Gasteiger partial charge in [0.05, 0.1) is 0 Å². The monoisotopic (exact) mass is 493 g/mol. The van der Waals surface area contributed by atoms with E-state index in [9.17, 15) is 13.2 Å². The zero-order valence-electron chi connectivity index (χ0n) is 20.3. The molecule has 0 radical (unpaired) electrons. The van der Waals surface area contributed by atoms with Crippen LogP contribution in [0, 0.1) is 26.7 Å². The maximum Gasteiger partial charge on any atom is 0.248 e.